The fourth-order valence-corrected chi connectivity index (χ4v) is 2.61. The molecule has 0 fully saturated rings. The lowest BCUT2D eigenvalue weighted by Gasteiger charge is -2.27. The van der Waals surface area contributed by atoms with Gasteiger partial charge in [-0.15, -0.1) is 0 Å². The summed E-state index contributed by atoms with van der Waals surface area (Å²) in [4.78, 5) is 0. The van der Waals surface area contributed by atoms with Crippen molar-refractivity contribution < 1.29 is 15.3 Å². The molecule has 0 heterocycles. The fourth-order valence-electron chi connectivity index (χ4n) is 2.61. The van der Waals surface area contributed by atoms with E-state index in [0.29, 0.717) is 6.42 Å². The van der Waals surface area contributed by atoms with Crippen LogP contribution in [0.3, 0.4) is 0 Å². The van der Waals surface area contributed by atoms with Crippen molar-refractivity contribution in [2.45, 2.75) is 52.2 Å². The Labute approximate surface area is 110 Å². The number of aliphatic hydroxyl groups is 3. The Hall–Kier alpha value is -0.640. The summed E-state index contributed by atoms with van der Waals surface area (Å²) in [6.07, 6.45) is 4.99. The molecule has 4 atom stereocenters. The number of aliphatic hydroxyl groups excluding tert-OH is 3. The van der Waals surface area contributed by atoms with Gasteiger partial charge in [-0.3, -0.25) is 0 Å². The SMILES string of the molecule is C/C1=C\[C@@H](O)C/C(C)=C/[C@H](O)[C@H]([C@H](C)CO)CC1. The predicted molar refractivity (Wildman–Crippen MR) is 73.1 cm³/mol. The van der Waals surface area contributed by atoms with Crippen molar-refractivity contribution in [2.24, 2.45) is 11.8 Å². The molecule has 0 saturated heterocycles. The van der Waals surface area contributed by atoms with E-state index in [-0.39, 0.29) is 18.4 Å². The van der Waals surface area contributed by atoms with Gasteiger partial charge < -0.3 is 15.3 Å². The van der Waals surface area contributed by atoms with Crippen molar-refractivity contribution in [1.82, 2.24) is 0 Å². The second-order valence-electron chi connectivity index (χ2n) is 5.65. The molecule has 0 spiro atoms. The summed E-state index contributed by atoms with van der Waals surface area (Å²) in [5, 5.41) is 29.4. The monoisotopic (exact) mass is 254 g/mol. The van der Waals surface area contributed by atoms with Gasteiger partial charge >= 0.3 is 0 Å². The summed E-state index contributed by atoms with van der Waals surface area (Å²) in [6, 6.07) is 0. The van der Waals surface area contributed by atoms with Crippen LogP contribution in [0.5, 0.6) is 0 Å². The quantitative estimate of drug-likeness (QED) is 0.661. The van der Waals surface area contributed by atoms with Crippen LogP contribution in [0, 0.1) is 11.8 Å². The largest absolute Gasteiger partial charge is 0.396 e. The van der Waals surface area contributed by atoms with Gasteiger partial charge in [-0.05, 0) is 44.9 Å². The Morgan fingerprint density at radius 2 is 1.89 bits per heavy atom. The normalized spacial score (nSPS) is 38.2. The van der Waals surface area contributed by atoms with Gasteiger partial charge in [0, 0.05) is 6.61 Å². The molecule has 0 radical (unpaired) electrons. The Morgan fingerprint density at radius 3 is 2.50 bits per heavy atom. The molecule has 3 nitrogen and oxygen atoms in total. The Morgan fingerprint density at radius 1 is 1.22 bits per heavy atom. The highest BCUT2D eigenvalue weighted by Crippen LogP contribution is 2.27. The third kappa shape index (κ3) is 4.56. The second-order valence-corrected chi connectivity index (χ2v) is 5.65. The van der Waals surface area contributed by atoms with Crippen molar-refractivity contribution in [1.29, 1.82) is 0 Å². The molecular formula is C15H26O3. The van der Waals surface area contributed by atoms with E-state index in [2.05, 4.69) is 0 Å². The number of hydrogen-bond acceptors (Lipinski definition) is 3. The minimum atomic E-state index is -0.537. The first-order valence-electron chi connectivity index (χ1n) is 6.75. The summed E-state index contributed by atoms with van der Waals surface area (Å²) in [6.45, 7) is 6.01. The van der Waals surface area contributed by atoms with Crippen LogP contribution in [0.4, 0.5) is 0 Å². The number of allylic oxidation sites excluding steroid dienone is 1. The lowest BCUT2D eigenvalue weighted by atomic mass is 9.82. The number of hydrogen-bond donors (Lipinski definition) is 3. The lowest BCUT2D eigenvalue weighted by molar-refractivity contribution is 0.0790. The molecule has 1 aliphatic carbocycles. The molecule has 0 saturated carbocycles. The molecule has 0 aromatic rings. The fraction of sp³-hybridized carbons (Fsp3) is 0.733. The van der Waals surface area contributed by atoms with Gasteiger partial charge in [0.2, 0.25) is 0 Å². The predicted octanol–water partition coefficient (Wildman–Crippen LogP) is 2.03. The summed E-state index contributed by atoms with van der Waals surface area (Å²) in [7, 11) is 0. The highest BCUT2D eigenvalue weighted by Gasteiger charge is 2.24. The van der Waals surface area contributed by atoms with Gasteiger partial charge in [-0.2, -0.15) is 0 Å². The van der Waals surface area contributed by atoms with Crippen LogP contribution in [0.15, 0.2) is 23.3 Å². The first-order valence-corrected chi connectivity index (χ1v) is 6.75. The smallest absolute Gasteiger partial charge is 0.0760 e. The minimum absolute atomic E-state index is 0.0727. The van der Waals surface area contributed by atoms with E-state index in [0.717, 1.165) is 24.0 Å². The van der Waals surface area contributed by atoms with Crippen LogP contribution in [0.2, 0.25) is 0 Å². The van der Waals surface area contributed by atoms with Gasteiger partial charge in [0.15, 0.2) is 0 Å². The van der Waals surface area contributed by atoms with Gasteiger partial charge in [0.25, 0.3) is 0 Å². The Bertz CT molecular complexity index is 320. The maximum absolute atomic E-state index is 10.2. The highest BCUT2D eigenvalue weighted by atomic mass is 16.3. The Kier molecular flexibility index (Phi) is 6.06. The third-order valence-electron chi connectivity index (χ3n) is 3.79. The van der Waals surface area contributed by atoms with E-state index >= 15 is 0 Å². The molecule has 104 valence electrons. The molecule has 3 heteroatoms. The summed E-state index contributed by atoms with van der Waals surface area (Å²) < 4.78 is 0. The van der Waals surface area contributed by atoms with Gasteiger partial charge in [-0.1, -0.05) is 30.2 Å². The molecule has 1 aliphatic rings. The first kappa shape index (κ1) is 15.4. The van der Waals surface area contributed by atoms with Crippen LogP contribution < -0.4 is 0 Å². The average Bonchev–Trinajstić information content (AvgIpc) is 2.27. The van der Waals surface area contributed by atoms with Crippen LogP contribution in [0.1, 0.15) is 40.0 Å². The van der Waals surface area contributed by atoms with E-state index < -0.39 is 12.2 Å². The van der Waals surface area contributed by atoms with Crippen LogP contribution in [-0.4, -0.2) is 34.1 Å². The maximum Gasteiger partial charge on any atom is 0.0760 e. The lowest BCUT2D eigenvalue weighted by Crippen LogP contribution is -2.28. The Balaban J connectivity index is 2.90. The highest BCUT2D eigenvalue weighted by molar-refractivity contribution is 5.12. The molecule has 0 aliphatic heterocycles. The van der Waals surface area contributed by atoms with E-state index in [9.17, 15) is 15.3 Å². The molecule has 0 aromatic heterocycles. The van der Waals surface area contributed by atoms with Crippen molar-refractivity contribution in [2.75, 3.05) is 6.61 Å². The maximum atomic E-state index is 10.2. The zero-order valence-electron chi connectivity index (χ0n) is 11.6. The molecule has 1 rings (SSSR count). The van der Waals surface area contributed by atoms with Crippen molar-refractivity contribution in [3.8, 4) is 0 Å². The second kappa shape index (κ2) is 7.07. The molecule has 18 heavy (non-hydrogen) atoms. The zero-order valence-corrected chi connectivity index (χ0v) is 11.6. The molecule has 3 N–H and O–H groups in total. The number of rotatable bonds is 2. The molecule has 0 aromatic carbocycles. The molecule has 0 bridgehead atoms. The third-order valence-corrected chi connectivity index (χ3v) is 3.79. The van der Waals surface area contributed by atoms with Gasteiger partial charge in [-0.25, -0.2) is 0 Å². The van der Waals surface area contributed by atoms with Crippen molar-refractivity contribution >= 4 is 0 Å². The van der Waals surface area contributed by atoms with Gasteiger partial charge in [0.1, 0.15) is 0 Å². The molecule has 0 amide bonds. The van der Waals surface area contributed by atoms with Crippen LogP contribution in [-0.2, 0) is 0 Å². The first-order chi connectivity index (χ1) is 8.43. The average molecular weight is 254 g/mol. The van der Waals surface area contributed by atoms with Crippen LogP contribution >= 0.6 is 0 Å². The topological polar surface area (TPSA) is 60.7 Å². The summed E-state index contributed by atoms with van der Waals surface area (Å²) in [5.74, 6) is 0.157. The van der Waals surface area contributed by atoms with Gasteiger partial charge in [0.05, 0.1) is 12.2 Å². The molecule has 0 unspecified atom stereocenters. The van der Waals surface area contributed by atoms with E-state index in [1.807, 2.05) is 32.9 Å². The van der Waals surface area contributed by atoms with E-state index in [1.54, 1.807) is 0 Å². The van der Waals surface area contributed by atoms with Crippen molar-refractivity contribution in [3.63, 3.8) is 0 Å². The van der Waals surface area contributed by atoms with Crippen molar-refractivity contribution in [3.05, 3.63) is 23.3 Å². The van der Waals surface area contributed by atoms with E-state index in [1.165, 1.54) is 0 Å². The summed E-state index contributed by atoms with van der Waals surface area (Å²) in [5.41, 5.74) is 2.15. The summed E-state index contributed by atoms with van der Waals surface area (Å²) >= 11 is 0. The van der Waals surface area contributed by atoms with Crippen LogP contribution in [0.25, 0.3) is 0 Å². The standard InChI is InChI=1S/C15H26O3/c1-10-4-5-14(12(3)9-16)15(18)8-11(2)7-13(17)6-10/h6,8,12-18H,4-5,7,9H2,1-3H3/b10-6+,11-8+/t12-,13-,14+,15+/m1/s1. The minimum Gasteiger partial charge on any atom is -0.396 e. The zero-order chi connectivity index (χ0) is 13.7. The molecular weight excluding hydrogens is 228 g/mol. The van der Waals surface area contributed by atoms with E-state index in [4.69, 9.17) is 0 Å².